The number of para-hydroxylation sites is 1. The van der Waals surface area contributed by atoms with Crippen molar-refractivity contribution in [2.24, 2.45) is 0 Å². The van der Waals surface area contributed by atoms with Crippen LogP contribution in [0.25, 0.3) is 0 Å². The molecule has 0 aromatic heterocycles. The number of benzene rings is 1. The minimum atomic E-state index is 0.0403. The third-order valence-electron chi connectivity index (χ3n) is 3.77. The minimum Gasteiger partial charge on any atom is -0.494 e. The van der Waals surface area contributed by atoms with Crippen molar-refractivity contribution in [1.29, 1.82) is 5.26 Å². The zero-order valence-electron chi connectivity index (χ0n) is 12.2. The molecule has 1 aromatic rings. The van der Waals surface area contributed by atoms with Crippen LogP contribution in [0.15, 0.2) is 30.3 Å². The Morgan fingerprint density at radius 3 is 2.55 bits per heavy atom. The van der Waals surface area contributed by atoms with E-state index >= 15 is 0 Å². The van der Waals surface area contributed by atoms with Crippen LogP contribution >= 0.6 is 0 Å². The molecule has 1 unspecified atom stereocenters. The molecule has 0 radical (unpaired) electrons. The van der Waals surface area contributed by atoms with Crippen LogP contribution in [0, 0.1) is 11.3 Å². The minimum absolute atomic E-state index is 0.0403. The van der Waals surface area contributed by atoms with E-state index in [0.29, 0.717) is 0 Å². The van der Waals surface area contributed by atoms with E-state index in [1.54, 1.807) is 0 Å². The van der Waals surface area contributed by atoms with Gasteiger partial charge in [-0.2, -0.15) is 5.26 Å². The van der Waals surface area contributed by atoms with Crippen LogP contribution in [0.3, 0.4) is 0 Å². The molecular formula is C16H23N3O. The molecule has 0 spiro atoms. The lowest BCUT2D eigenvalue weighted by Crippen LogP contribution is -2.49. The maximum Gasteiger partial charge on any atom is 0.119 e. The van der Waals surface area contributed by atoms with Gasteiger partial charge in [-0.05, 0) is 25.5 Å². The molecule has 1 aromatic carbocycles. The van der Waals surface area contributed by atoms with Gasteiger partial charge in [0, 0.05) is 32.7 Å². The molecule has 1 aliphatic heterocycles. The second kappa shape index (κ2) is 7.88. The molecule has 1 atom stereocenters. The molecule has 0 amide bonds. The quantitative estimate of drug-likeness (QED) is 0.743. The number of nitriles is 1. The monoisotopic (exact) mass is 273 g/mol. The highest BCUT2D eigenvalue weighted by molar-refractivity contribution is 5.20. The lowest BCUT2D eigenvalue weighted by atomic mass is 10.2. The fraction of sp³-hybridized carbons (Fsp3) is 0.562. The molecule has 1 heterocycles. The number of piperazine rings is 1. The second-order valence-electron chi connectivity index (χ2n) is 5.20. The second-order valence-corrected chi connectivity index (χ2v) is 5.20. The first kappa shape index (κ1) is 14.8. The summed E-state index contributed by atoms with van der Waals surface area (Å²) in [7, 11) is 0. The maximum absolute atomic E-state index is 8.91. The van der Waals surface area contributed by atoms with E-state index in [1.807, 2.05) is 37.3 Å². The average molecular weight is 273 g/mol. The lowest BCUT2D eigenvalue weighted by Gasteiger charge is -2.35. The molecule has 4 nitrogen and oxygen atoms in total. The van der Waals surface area contributed by atoms with Gasteiger partial charge < -0.3 is 9.64 Å². The van der Waals surface area contributed by atoms with E-state index in [0.717, 1.165) is 51.5 Å². The van der Waals surface area contributed by atoms with Crippen LogP contribution in [0.2, 0.25) is 0 Å². The van der Waals surface area contributed by atoms with E-state index in [1.165, 1.54) is 0 Å². The SMILES string of the molecule is CC(C#N)N1CCN(CCCOc2ccccc2)CC1. The van der Waals surface area contributed by atoms with Gasteiger partial charge in [-0.1, -0.05) is 18.2 Å². The Hall–Kier alpha value is -1.57. The number of hydrogen-bond acceptors (Lipinski definition) is 4. The highest BCUT2D eigenvalue weighted by atomic mass is 16.5. The van der Waals surface area contributed by atoms with Crippen molar-refractivity contribution in [3.05, 3.63) is 30.3 Å². The van der Waals surface area contributed by atoms with E-state index in [2.05, 4.69) is 15.9 Å². The summed E-state index contributed by atoms with van der Waals surface area (Å²) in [6.45, 7) is 7.90. The summed E-state index contributed by atoms with van der Waals surface area (Å²) in [5.74, 6) is 0.945. The van der Waals surface area contributed by atoms with Gasteiger partial charge >= 0.3 is 0 Å². The van der Waals surface area contributed by atoms with Gasteiger partial charge in [0.05, 0.1) is 18.7 Å². The summed E-state index contributed by atoms with van der Waals surface area (Å²) < 4.78 is 5.69. The maximum atomic E-state index is 8.91. The van der Waals surface area contributed by atoms with Crippen LogP contribution in [0.5, 0.6) is 5.75 Å². The van der Waals surface area contributed by atoms with Crippen molar-refractivity contribution >= 4 is 0 Å². The molecule has 1 saturated heterocycles. The van der Waals surface area contributed by atoms with Crippen LogP contribution in [-0.4, -0.2) is 55.2 Å². The first-order chi connectivity index (χ1) is 9.79. The van der Waals surface area contributed by atoms with Crippen molar-refractivity contribution in [3.8, 4) is 11.8 Å². The molecule has 0 aliphatic carbocycles. The van der Waals surface area contributed by atoms with Crippen LogP contribution in [-0.2, 0) is 0 Å². The summed E-state index contributed by atoms with van der Waals surface area (Å²) in [5.41, 5.74) is 0. The molecule has 4 heteroatoms. The fourth-order valence-corrected chi connectivity index (χ4v) is 2.45. The topological polar surface area (TPSA) is 39.5 Å². The summed E-state index contributed by atoms with van der Waals surface area (Å²) in [5, 5.41) is 8.91. The van der Waals surface area contributed by atoms with E-state index in [4.69, 9.17) is 10.00 Å². The van der Waals surface area contributed by atoms with Gasteiger partial charge in [0.1, 0.15) is 5.75 Å². The van der Waals surface area contributed by atoms with Gasteiger partial charge in [0.15, 0.2) is 0 Å². The highest BCUT2D eigenvalue weighted by Crippen LogP contribution is 2.09. The molecule has 0 saturated carbocycles. The summed E-state index contributed by atoms with van der Waals surface area (Å²) in [6.07, 6.45) is 1.04. The van der Waals surface area contributed by atoms with Crippen molar-refractivity contribution < 1.29 is 4.74 Å². The zero-order valence-corrected chi connectivity index (χ0v) is 12.2. The molecule has 0 bridgehead atoms. The fourth-order valence-electron chi connectivity index (χ4n) is 2.45. The summed E-state index contributed by atoms with van der Waals surface area (Å²) in [6, 6.07) is 12.3. The van der Waals surface area contributed by atoms with Crippen molar-refractivity contribution in [2.75, 3.05) is 39.3 Å². The van der Waals surface area contributed by atoms with Crippen molar-refractivity contribution in [3.63, 3.8) is 0 Å². The Labute approximate surface area is 121 Å². The average Bonchev–Trinajstić information content (AvgIpc) is 2.52. The summed E-state index contributed by atoms with van der Waals surface area (Å²) >= 11 is 0. The van der Waals surface area contributed by atoms with Crippen molar-refractivity contribution in [2.45, 2.75) is 19.4 Å². The zero-order chi connectivity index (χ0) is 14.2. The highest BCUT2D eigenvalue weighted by Gasteiger charge is 2.20. The van der Waals surface area contributed by atoms with Gasteiger partial charge in [-0.3, -0.25) is 4.90 Å². The molecule has 1 fully saturated rings. The number of nitrogens with zero attached hydrogens (tertiary/aromatic N) is 3. The Morgan fingerprint density at radius 1 is 1.20 bits per heavy atom. The molecule has 20 heavy (non-hydrogen) atoms. The largest absolute Gasteiger partial charge is 0.494 e. The molecule has 0 N–H and O–H groups in total. The smallest absolute Gasteiger partial charge is 0.119 e. The first-order valence-corrected chi connectivity index (χ1v) is 7.33. The predicted molar refractivity (Wildman–Crippen MR) is 79.6 cm³/mol. The van der Waals surface area contributed by atoms with E-state index < -0.39 is 0 Å². The van der Waals surface area contributed by atoms with Crippen LogP contribution < -0.4 is 4.74 Å². The Kier molecular flexibility index (Phi) is 5.85. The lowest BCUT2D eigenvalue weighted by molar-refractivity contribution is 0.114. The Bertz CT molecular complexity index is 421. The third kappa shape index (κ3) is 4.52. The number of ether oxygens (including phenoxy) is 1. The first-order valence-electron chi connectivity index (χ1n) is 7.33. The summed E-state index contributed by atoms with van der Waals surface area (Å²) in [4.78, 5) is 4.70. The third-order valence-corrected chi connectivity index (χ3v) is 3.77. The molecule has 1 aliphatic rings. The normalized spacial score (nSPS) is 18.4. The standard InChI is InChI=1S/C16H23N3O/c1-15(14-17)19-11-9-18(10-12-19)8-5-13-20-16-6-3-2-4-7-16/h2-4,6-7,15H,5,8-13H2,1H3. The van der Waals surface area contributed by atoms with Crippen LogP contribution in [0.1, 0.15) is 13.3 Å². The Balaban J connectivity index is 1.59. The predicted octanol–water partition coefficient (Wildman–Crippen LogP) is 1.99. The molecule has 2 rings (SSSR count). The van der Waals surface area contributed by atoms with Gasteiger partial charge in [0.2, 0.25) is 0 Å². The van der Waals surface area contributed by atoms with E-state index in [9.17, 15) is 0 Å². The van der Waals surface area contributed by atoms with Crippen LogP contribution in [0.4, 0.5) is 0 Å². The van der Waals surface area contributed by atoms with E-state index in [-0.39, 0.29) is 6.04 Å². The molecular weight excluding hydrogens is 250 g/mol. The molecule has 108 valence electrons. The van der Waals surface area contributed by atoms with Gasteiger partial charge in [0.25, 0.3) is 0 Å². The number of rotatable bonds is 6. The van der Waals surface area contributed by atoms with Crippen molar-refractivity contribution in [1.82, 2.24) is 9.80 Å². The Morgan fingerprint density at radius 2 is 1.90 bits per heavy atom. The van der Waals surface area contributed by atoms with Gasteiger partial charge in [-0.15, -0.1) is 0 Å². The number of hydrogen-bond donors (Lipinski definition) is 0. The van der Waals surface area contributed by atoms with Gasteiger partial charge in [-0.25, -0.2) is 0 Å².